The topological polar surface area (TPSA) is 37.3 Å². The summed E-state index contributed by atoms with van der Waals surface area (Å²) in [5, 5.41) is 0. The third-order valence-corrected chi connectivity index (χ3v) is 0. The number of hydrogen-bond acceptors (Lipinski definition) is 2. The van der Waals surface area contributed by atoms with E-state index in [-0.39, 0.29) is 7.43 Å². The van der Waals surface area contributed by atoms with Gasteiger partial charge in [-0.1, -0.05) is 7.43 Å². The molecule has 5 heteroatoms. The Balaban J connectivity index is -0.0000000480. The first kappa shape index (κ1) is 10.5. The highest BCUT2D eigenvalue weighted by molar-refractivity contribution is 15.0. The Morgan fingerprint density at radius 3 is 2.00 bits per heavy atom. The van der Waals surface area contributed by atoms with Crippen LogP contribution < -0.4 is 0 Å². The van der Waals surface area contributed by atoms with Crippen LogP contribution in [0.15, 0.2) is 0 Å². The van der Waals surface area contributed by atoms with Gasteiger partial charge >= 0.3 is 8.69 Å². The molecular formula is CH5I2O2P. The lowest BCUT2D eigenvalue weighted by atomic mass is 12.0. The molecule has 0 unspecified atom stereocenters. The van der Waals surface area contributed by atoms with Crippen molar-refractivity contribution in [2.75, 3.05) is 0 Å². The number of rotatable bonds is 1. The maximum Gasteiger partial charge on any atom is 0.324 e. The summed E-state index contributed by atoms with van der Waals surface area (Å²) in [4.78, 5) is 3.21. The highest BCUT2D eigenvalue weighted by atomic mass is 128. The summed E-state index contributed by atoms with van der Waals surface area (Å²) in [7, 11) is -0.585. The molecule has 0 heterocycles. The molecule has 0 saturated heterocycles. The molecule has 0 bridgehead atoms. The molecule has 0 aliphatic carbocycles. The second kappa shape index (κ2) is 31.3. The Morgan fingerprint density at radius 2 is 2.00 bits per heavy atom. The first-order valence-electron chi connectivity index (χ1n) is 0.916. The third-order valence-electron chi connectivity index (χ3n) is 0. The van der Waals surface area contributed by atoms with Crippen molar-refractivity contribution in [1.29, 1.82) is 1.43 Å². The molecule has 40 valence electrons. The lowest BCUT2D eigenvalue weighted by Gasteiger charge is -1.24. The quantitative estimate of drug-likeness (QED) is 0.591. The van der Waals surface area contributed by atoms with Crippen LogP contribution in [-0.2, 0) is 4.57 Å². The lowest BCUT2D eigenvalue weighted by Crippen LogP contribution is -1.03. The highest BCUT2D eigenvalue weighted by Gasteiger charge is 1.28. The van der Waals surface area contributed by atoms with Crippen LogP contribution in [0.3, 0.4) is 0 Å². The molecule has 0 aliphatic rings. The van der Waals surface area contributed by atoms with Gasteiger partial charge in [-0.15, -0.1) is 0 Å². The monoisotopic (exact) mass is 336 g/mol. The van der Waals surface area contributed by atoms with Crippen LogP contribution in [0.1, 0.15) is 7.43 Å². The predicted molar refractivity (Wildman–Crippen MR) is 44.6 cm³/mol. The van der Waals surface area contributed by atoms with E-state index in [1.54, 1.807) is 0 Å². The largest absolute Gasteiger partial charge is 0.324 e. The molecule has 0 amide bonds. The molecule has 2 nitrogen and oxygen atoms in total. The fourth-order valence-electron chi connectivity index (χ4n) is 0. The van der Waals surface area contributed by atoms with Gasteiger partial charge in [0, 0.05) is 37.2 Å². The molecular weight excluding hydrogens is 329 g/mol. The Hall–Kier alpha value is 1.52. The zero-order valence-electron chi connectivity index (χ0n) is 3.02. The Labute approximate surface area is 63.8 Å². The highest BCUT2D eigenvalue weighted by Crippen LogP contribution is 1.89. The standard InChI is InChI=1S/CH4.I2.HO2P/c;1-2;1-3-2/h1H4;;(H,1,2)/i/hT. The second-order valence-electron chi connectivity index (χ2n) is 0.0745. The summed E-state index contributed by atoms with van der Waals surface area (Å²) in [6.07, 6.45) is 0. The molecule has 0 rings (SSSR count). The maximum atomic E-state index is 8.86. The first-order valence-corrected chi connectivity index (χ1v) is 7.52. The van der Waals surface area contributed by atoms with Crippen molar-refractivity contribution in [3.05, 3.63) is 0 Å². The molecule has 0 radical (unpaired) electrons. The van der Waals surface area contributed by atoms with E-state index < -0.39 is 8.69 Å². The molecule has 6 heavy (non-hydrogen) atoms. The summed E-state index contributed by atoms with van der Waals surface area (Å²) in [5.74, 6) is 0. The van der Waals surface area contributed by atoms with Gasteiger partial charge in [-0.2, -0.15) is 0 Å². The van der Waals surface area contributed by atoms with E-state index in [0.29, 0.717) is 0 Å². The van der Waals surface area contributed by atoms with Gasteiger partial charge in [0.15, 0.2) is 0 Å². The van der Waals surface area contributed by atoms with Gasteiger partial charge in [-0.05, 0) is 0 Å². The van der Waals surface area contributed by atoms with Gasteiger partial charge in [0.25, 0.3) is 0 Å². The maximum absolute atomic E-state index is 8.86. The number of halogens is 2. The van der Waals surface area contributed by atoms with Crippen molar-refractivity contribution in [3.8, 4) is 0 Å². The van der Waals surface area contributed by atoms with Gasteiger partial charge in [-0.3, -0.25) is 0 Å². The molecule has 0 fully saturated rings. The number of hydrogen-bond donors (Lipinski definition) is 1. The van der Waals surface area contributed by atoms with Crippen LogP contribution in [0.25, 0.3) is 0 Å². The van der Waals surface area contributed by atoms with Crippen LogP contribution in [-0.4, -0.2) is 6.33 Å². The van der Waals surface area contributed by atoms with Crippen molar-refractivity contribution < 1.29 is 9.46 Å². The normalized spacial score (nSPS) is 6.67. The van der Waals surface area contributed by atoms with E-state index in [2.05, 4.69) is 42.1 Å². The summed E-state index contributed by atoms with van der Waals surface area (Å²) < 4.78 is 14.5. The minimum atomic E-state index is -0.585. The van der Waals surface area contributed by atoms with Gasteiger partial charge in [-0.25, -0.2) is 4.57 Å². The zero-order valence-corrected chi connectivity index (χ0v) is 7.23. The fourth-order valence-corrected chi connectivity index (χ4v) is 0. The zero-order chi connectivity index (χ0) is 5.41. The van der Waals surface area contributed by atoms with Crippen molar-refractivity contribution in [1.82, 2.24) is 0 Å². The van der Waals surface area contributed by atoms with Crippen LogP contribution in [0.5, 0.6) is 0 Å². The Kier molecular flexibility index (Phi) is 54.7. The SMILES string of the molecule is C.II.[3H]OP=O. The average molecular weight is 336 g/mol. The van der Waals surface area contributed by atoms with Gasteiger partial charge < -0.3 is 4.90 Å². The summed E-state index contributed by atoms with van der Waals surface area (Å²) in [5.41, 5.74) is 0. The molecule has 1 N–H and O–H groups in total. The Bertz CT molecular complexity index is 29.7. The molecule has 0 spiro atoms. The molecule has 0 saturated carbocycles. The molecule has 0 aliphatic heterocycles. The predicted octanol–water partition coefficient (Wildman–Crippen LogP) is 2.59. The summed E-state index contributed by atoms with van der Waals surface area (Å²) in [6, 6.07) is 0. The van der Waals surface area contributed by atoms with E-state index in [9.17, 15) is 0 Å². The fraction of sp³-hybridized carbons (Fsp3) is 1.00. The molecule has 0 aromatic carbocycles. The van der Waals surface area contributed by atoms with Gasteiger partial charge in [0.05, 0.1) is 0 Å². The van der Waals surface area contributed by atoms with Crippen molar-refractivity contribution in [2.24, 2.45) is 0 Å². The molecule has 0 aromatic rings. The Morgan fingerprint density at radius 1 is 1.83 bits per heavy atom. The van der Waals surface area contributed by atoms with E-state index >= 15 is 0 Å². The second-order valence-corrected chi connectivity index (χ2v) is 0.224. The van der Waals surface area contributed by atoms with E-state index in [1.807, 2.05) is 0 Å². The molecule has 0 aromatic heterocycles. The summed E-state index contributed by atoms with van der Waals surface area (Å²) >= 11 is 4.24. The summed E-state index contributed by atoms with van der Waals surface area (Å²) in [6.45, 7) is 0. The smallest absolute Gasteiger partial charge is 0.310 e. The lowest BCUT2D eigenvalue weighted by molar-refractivity contribution is 0.524. The average Bonchev–Trinajstić information content (AvgIpc) is 1.72. The van der Waals surface area contributed by atoms with E-state index in [4.69, 9.17) is 6.00 Å². The van der Waals surface area contributed by atoms with Crippen molar-refractivity contribution in [2.45, 2.75) is 7.43 Å². The van der Waals surface area contributed by atoms with Crippen LogP contribution in [0, 0.1) is 0 Å². The van der Waals surface area contributed by atoms with Crippen LogP contribution in [0.4, 0.5) is 0 Å². The van der Waals surface area contributed by atoms with E-state index in [0.717, 1.165) is 0 Å². The minimum absolute atomic E-state index is 0. The first-order chi connectivity index (χ1) is 2.91. The molecule has 0 atom stereocenters. The van der Waals surface area contributed by atoms with Gasteiger partial charge in [0.1, 0.15) is 0 Å². The van der Waals surface area contributed by atoms with Gasteiger partial charge in [0.2, 0.25) is 1.43 Å². The van der Waals surface area contributed by atoms with Crippen LogP contribution >= 0.6 is 45.9 Å². The third kappa shape index (κ3) is 48.8. The van der Waals surface area contributed by atoms with E-state index in [1.165, 1.54) is 0 Å². The van der Waals surface area contributed by atoms with Crippen molar-refractivity contribution >= 4 is 45.9 Å². The minimum Gasteiger partial charge on any atom is -0.310 e. The van der Waals surface area contributed by atoms with Crippen LogP contribution in [0.2, 0.25) is 0 Å². The van der Waals surface area contributed by atoms with Crippen molar-refractivity contribution in [3.63, 3.8) is 0 Å².